The zero-order chi connectivity index (χ0) is 22.9. The smallest absolute Gasteiger partial charge is 0.267 e. The molecule has 2 N–H and O–H groups in total. The summed E-state index contributed by atoms with van der Waals surface area (Å²) in [5.74, 6) is -0.663. The molecule has 0 saturated carbocycles. The molecule has 0 radical (unpaired) electrons. The van der Waals surface area contributed by atoms with Crippen LogP contribution >= 0.6 is 11.6 Å². The van der Waals surface area contributed by atoms with E-state index in [-0.39, 0.29) is 16.1 Å². The number of aromatic amines is 1. The lowest BCUT2D eigenvalue weighted by molar-refractivity contribution is 0.580. The SMILES string of the molecule is O=c1c2c(Cl)cccc2nc(CCCNc2ncnc3[nH]cnc23)n1-c1cc(F)cc(F)c1. The molecule has 5 rings (SSSR count). The molecule has 8 nitrogen and oxygen atoms in total. The number of aryl methyl sites for hydroxylation is 1. The maximum Gasteiger partial charge on any atom is 0.267 e. The Morgan fingerprint density at radius 2 is 1.91 bits per heavy atom. The van der Waals surface area contributed by atoms with Crippen molar-refractivity contribution < 1.29 is 8.78 Å². The van der Waals surface area contributed by atoms with Crippen LogP contribution in [0.1, 0.15) is 12.2 Å². The molecular weight excluding hydrogens is 452 g/mol. The molecule has 5 aromatic rings. The third-order valence-corrected chi connectivity index (χ3v) is 5.42. The summed E-state index contributed by atoms with van der Waals surface area (Å²) in [7, 11) is 0. The quantitative estimate of drug-likeness (QED) is 0.366. The topological polar surface area (TPSA) is 101 Å². The van der Waals surface area contributed by atoms with Crippen LogP contribution in [-0.4, -0.2) is 36.0 Å². The fourth-order valence-electron chi connectivity index (χ4n) is 3.69. The molecule has 0 unspecified atom stereocenters. The number of fused-ring (bicyclic) bond motifs is 2. The van der Waals surface area contributed by atoms with Gasteiger partial charge in [-0.25, -0.2) is 28.7 Å². The molecule has 3 aromatic heterocycles. The number of halogens is 3. The standard InChI is InChI=1S/C22H16ClF2N7O/c23-15-3-1-4-16-18(15)22(33)32(14-8-12(24)7-13(25)9-14)17(31-16)5-2-6-26-20-19-21(28-10-27-19)30-11-29-20/h1,3-4,7-11H,2,5-6H2,(H2,26,27,28,29,30). The second kappa shape index (κ2) is 8.55. The lowest BCUT2D eigenvalue weighted by Crippen LogP contribution is -2.25. The highest BCUT2D eigenvalue weighted by Gasteiger charge is 2.16. The summed E-state index contributed by atoms with van der Waals surface area (Å²) >= 11 is 6.24. The van der Waals surface area contributed by atoms with E-state index in [1.54, 1.807) is 18.2 Å². The monoisotopic (exact) mass is 467 g/mol. The Bertz CT molecular complexity index is 1530. The summed E-state index contributed by atoms with van der Waals surface area (Å²) in [5, 5.41) is 3.60. The van der Waals surface area contributed by atoms with E-state index < -0.39 is 17.2 Å². The van der Waals surface area contributed by atoms with Gasteiger partial charge in [0.2, 0.25) is 0 Å². The molecule has 3 heterocycles. The Balaban J connectivity index is 1.49. The van der Waals surface area contributed by atoms with Crippen molar-refractivity contribution >= 4 is 39.5 Å². The van der Waals surface area contributed by atoms with Gasteiger partial charge in [-0.2, -0.15) is 0 Å². The van der Waals surface area contributed by atoms with Gasteiger partial charge in [-0.15, -0.1) is 0 Å². The van der Waals surface area contributed by atoms with Crippen molar-refractivity contribution in [2.45, 2.75) is 12.8 Å². The zero-order valence-electron chi connectivity index (χ0n) is 17.0. The summed E-state index contributed by atoms with van der Waals surface area (Å²) in [4.78, 5) is 33.3. The zero-order valence-corrected chi connectivity index (χ0v) is 17.8. The summed E-state index contributed by atoms with van der Waals surface area (Å²) in [6.07, 6.45) is 3.85. The summed E-state index contributed by atoms with van der Waals surface area (Å²) in [6, 6.07) is 7.87. The predicted octanol–water partition coefficient (Wildman–Crippen LogP) is 4.03. The van der Waals surface area contributed by atoms with Crippen LogP contribution in [0.3, 0.4) is 0 Å². The lowest BCUT2D eigenvalue weighted by atomic mass is 10.2. The van der Waals surface area contributed by atoms with Crippen molar-refractivity contribution in [2.75, 3.05) is 11.9 Å². The number of nitrogens with zero attached hydrogens (tertiary/aromatic N) is 5. The van der Waals surface area contributed by atoms with Crippen LogP contribution in [-0.2, 0) is 6.42 Å². The van der Waals surface area contributed by atoms with Crippen LogP contribution in [0.5, 0.6) is 0 Å². The highest BCUT2D eigenvalue weighted by atomic mass is 35.5. The third-order valence-electron chi connectivity index (χ3n) is 5.11. The van der Waals surface area contributed by atoms with Crippen LogP contribution in [0.2, 0.25) is 5.02 Å². The molecule has 0 amide bonds. The van der Waals surface area contributed by atoms with E-state index in [9.17, 15) is 13.6 Å². The van der Waals surface area contributed by atoms with Gasteiger partial charge < -0.3 is 10.3 Å². The van der Waals surface area contributed by atoms with E-state index in [1.165, 1.54) is 17.2 Å². The molecule has 33 heavy (non-hydrogen) atoms. The number of nitrogens with one attached hydrogen (secondary N) is 2. The third kappa shape index (κ3) is 4.00. The van der Waals surface area contributed by atoms with Gasteiger partial charge in [0.1, 0.15) is 29.3 Å². The van der Waals surface area contributed by atoms with Crippen molar-refractivity contribution in [3.8, 4) is 5.69 Å². The van der Waals surface area contributed by atoms with Crippen LogP contribution in [0.25, 0.3) is 27.8 Å². The average Bonchev–Trinajstić information content (AvgIpc) is 3.25. The number of H-pyrrole nitrogens is 1. The Kier molecular flexibility index (Phi) is 5.43. The van der Waals surface area contributed by atoms with E-state index >= 15 is 0 Å². The number of hydrogen-bond donors (Lipinski definition) is 2. The van der Waals surface area contributed by atoms with Crippen LogP contribution < -0.4 is 10.9 Å². The normalized spacial score (nSPS) is 11.4. The molecule has 11 heteroatoms. The van der Waals surface area contributed by atoms with Crippen molar-refractivity contribution in [3.05, 3.63) is 81.9 Å². The Hall–Kier alpha value is -3.92. The van der Waals surface area contributed by atoms with Gasteiger partial charge in [-0.3, -0.25) is 9.36 Å². The minimum absolute atomic E-state index is 0.0452. The van der Waals surface area contributed by atoms with Crippen molar-refractivity contribution in [1.82, 2.24) is 29.5 Å². The maximum atomic E-state index is 13.9. The number of benzene rings is 2. The first kappa shape index (κ1) is 21.0. The molecular formula is C22H16ClF2N7O. The molecule has 0 bridgehead atoms. The van der Waals surface area contributed by atoms with E-state index in [0.717, 1.165) is 18.2 Å². The molecule has 0 saturated heterocycles. The van der Waals surface area contributed by atoms with Gasteiger partial charge in [0.25, 0.3) is 5.56 Å². The van der Waals surface area contributed by atoms with Crippen LogP contribution in [0.4, 0.5) is 14.6 Å². The van der Waals surface area contributed by atoms with Crippen molar-refractivity contribution in [1.29, 1.82) is 0 Å². The van der Waals surface area contributed by atoms with Gasteiger partial charge >= 0.3 is 0 Å². The largest absolute Gasteiger partial charge is 0.368 e. The van der Waals surface area contributed by atoms with E-state index in [2.05, 4.69) is 30.2 Å². The lowest BCUT2D eigenvalue weighted by Gasteiger charge is -2.15. The molecule has 0 atom stereocenters. The summed E-state index contributed by atoms with van der Waals surface area (Å²) < 4.78 is 29.1. The minimum Gasteiger partial charge on any atom is -0.368 e. The molecule has 0 aliphatic heterocycles. The van der Waals surface area contributed by atoms with Gasteiger partial charge in [0.15, 0.2) is 11.5 Å². The van der Waals surface area contributed by atoms with Gasteiger partial charge in [0, 0.05) is 19.0 Å². The Morgan fingerprint density at radius 1 is 1.09 bits per heavy atom. The molecule has 2 aromatic carbocycles. The predicted molar refractivity (Wildman–Crippen MR) is 121 cm³/mol. The molecule has 0 spiro atoms. The fraction of sp³-hybridized carbons (Fsp3) is 0.136. The van der Waals surface area contributed by atoms with Crippen LogP contribution in [0.15, 0.2) is 53.8 Å². The Morgan fingerprint density at radius 3 is 2.73 bits per heavy atom. The number of anilines is 1. The Labute approximate surface area is 190 Å². The number of imidazole rings is 1. The number of aromatic nitrogens is 6. The van der Waals surface area contributed by atoms with E-state index in [4.69, 9.17) is 11.6 Å². The number of hydrogen-bond acceptors (Lipinski definition) is 6. The molecule has 0 aliphatic rings. The van der Waals surface area contributed by atoms with Crippen molar-refractivity contribution in [2.24, 2.45) is 0 Å². The second-order valence-corrected chi connectivity index (χ2v) is 7.69. The molecule has 0 aliphatic carbocycles. The van der Waals surface area contributed by atoms with Crippen molar-refractivity contribution in [3.63, 3.8) is 0 Å². The van der Waals surface area contributed by atoms with Gasteiger partial charge in [-0.1, -0.05) is 17.7 Å². The molecule has 166 valence electrons. The summed E-state index contributed by atoms with van der Waals surface area (Å²) in [6.45, 7) is 0.486. The first-order valence-electron chi connectivity index (χ1n) is 10.1. The van der Waals surface area contributed by atoms with Gasteiger partial charge in [-0.05, 0) is 30.7 Å². The highest BCUT2D eigenvalue weighted by molar-refractivity contribution is 6.35. The number of rotatable bonds is 6. The molecule has 0 fully saturated rings. The fourth-order valence-corrected chi connectivity index (χ4v) is 3.94. The minimum atomic E-state index is -0.796. The van der Waals surface area contributed by atoms with E-state index in [0.29, 0.717) is 47.7 Å². The second-order valence-electron chi connectivity index (χ2n) is 7.28. The average molecular weight is 468 g/mol. The van der Waals surface area contributed by atoms with Crippen LogP contribution in [0, 0.1) is 11.6 Å². The highest BCUT2D eigenvalue weighted by Crippen LogP contribution is 2.22. The summed E-state index contributed by atoms with van der Waals surface area (Å²) in [5.41, 5.74) is 1.19. The van der Waals surface area contributed by atoms with Gasteiger partial charge in [0.05, 0.1) is 27.9 Å². The first-order valence-corrected chi connectivity index (χ1v) is 10.4. The first-order chi connectivity index (χ1) is 16.0. The van der Waals surface area contributed by atoms with E-state index in [1.807, 2.05) is 0 Å². The maximum absolute atomic E-state index is 13.9.